The third-order valence-corrected chi connectivity index (χ3v) is 11.2. The van der Waals surface area contributed by atoms with E-state index in [4.69, 9.17) is 14.2 Å². The maximum absolute atomic E-state index is 11.6. The fraction of sp³-hybridized carbons (Fsp3) is 0.562. The van der Waals surface area contributed by atoms with Gasteiger partial charge in [-0.1, -0.05) is 41.5 Å². The van der Waals surface area contributed by atoms with Crippen molar-refractivity contribution in [1.29, 1.82) is 31.6 Å². The number of nitrogens with zero attached hydrogens (tertiary/aromatic N) is 7. The van der Waals surface area contributed by atoms with Gasteiger partial charge in [0.1, 0.15) is 36.4 Å². The highest BCUT2D eigenvalue weighted by Crippen LogP contribution is 2.44. The predicted octanol–water partition coefficient (Wildman–Crippen LogP) is 4.96. The first-order valence-electron chi connectivity index (χ1n) is 21.4. The number of rotatable bonds is 24. The average molecular weight is 873 g/mol. The molecule has 0 aromatic rings. The Morgan fingerprint density at radius 2 is 0.750 bits per heavy atom. The van der Waals surface area contributed by atoms with Crippen LogP contribution < -0.4 is 16.0 Å². The van der Waals surface area contributed by atoms with E-state index in [0.717, 1.165) is 0 Å². The van der Waals surface area contributed by atoms with Crippen LogP contribution in [-0.2, 0) is 28.6 Å². The SMILES string of the molecule is CC1(C)CC(NCCOCCN(CCOCCNC2=C(C#N)/C(=C(\C#N)C=O)CC(C)(C)C2)CCOCCNC2=C(C#N)/C(=C(\C#N)C=O)CC(C)(C)C2)=C(C#N)/C(=C(\C#N)C=O)C1. The van der Waals surface area contributed by atoms with Crippen molar-refractivity contribution >= 4 is 18.9 Å². The van der Waals surface area contributed by atoms with Crippen LogP contribution in [-0.4, -0.2) is 103 Å². The normalized spacial score (nSPS) is 20.0. The van der Waals surface area contributed by atoms with Gasteiger partial charge in [0.2, 0.25) is 0 Å². The van der Waals surface area contributed by atoms with Crippen LogP contribution in [0.1, 0.15) is 80.1 Å². The lowest BCUT2D eigenvalue weighted by Crippen LogP contribution is -2.36. The van der Waals surface area contributed by atoms with Crippen molar-refractivity contribution in [2.24, 2.45) is 16.2 Å². The number of carbonyl (C=O) groups excluding carboxylic acids is 3. The first-order valence-corrected chi connectivity index (χ1v) is 21.4. The van der Waals surface area contributed by atoms with Crippen LogP contribution in [0.3, 0.4) is 0 Å². The highest BCUT2D eigenvalue weighted by molar-refractivity contribution is 5.84. The van der Waals surface area contributed by atoms with E-state index in [9.17, 15) is 46.0 Å². The van der Waals surface area contributed by atoms with Crippen LogP contribution in [0.4, 0.5) is 0 Å². The minimum Gasteiger partial charge on any atom is -0.385 e. The number of allylic oxidation sites excluding steroid dienone is 12. The molecule has 0 aromatic heterocycles. The summed E-state index contributed by atoms with van der Waals surface area (Å²) >= 11 is 0. The largest absolute Gasteiger partial charge is 0.385 e. The minimum absolute atomic E-state index is 0.0348. The summed E-state index contributed by atoms with van der Waals surface area (Å²) in [6.45, 7) is 17.3. The van der Waals surface area contributed by atoms with Gasteiger partial charge in [0.25, 0.3) is 0 Å². The summed E-state index contributed by atoms with van der Waals surface area (Å²) in [6.07, 6.45) is 4.60. The Kier molecular flexibility index (Phi) is 20.4. The first kappa shape index (κ1) is 52.0. The smallest absolute Gasteiger partial charge is 0.160 e. The zero-order valence-electron chi connectivity index (χ0n) is 38.0. The van der Waals surface area contributed by atoms with E-state index < -0.39 is 0 Å². The maximum atomic E-state index is 11.6. The van der Waals surface area contributed by atoms with Crippen molar-refractivity contribution in [3.8, 4) is 36.4 Å². The Morgan fingerprint density at radius 3 is 0.969 bits per heavy atom. The van der Waals surface area contributed by atoms with Crippen LogP contribution in [0.25, 0.3) is 0 Å². The number of carbonyl (C=O) groups is 3. The van der Waals surface area contributed by atoms with Gasteiger partial charge in [0.05, 0.1) is 73.1 Å². The van der Waals surface area contributed by atoms with Crippen LogP contribution >= 0.6 is 0 Å². The molecular formula is C48H60N10O6. The molecule has 0 heterocycles. The Bertz CT molecular complexity index is 1970. The van der Waals surface area contributed by atoms with Crippen LogP contribution in [0.5, 0.6) is 0 Å². The van der Waals surface area contributed by atoms with Gasteiger partial charge in [0.15, 0.2) is 18.9 Å². The molecule has 338 valence electrons. The molecule has 3 rings (SSSR count). The monoisotopic (exact) mass is 872 g/mol. The number of hydrogen-bond donors (Lipinski definition) is 3. The van der Waals surface area contributed by atoms with Crippen molar-refractivity contribution < 1.29 is 28.6 Å². The third-order valence-electron chi connectivity index (χ3n) is 11.2. The molecule has 0 saturated heterocycles. The first-order chi connectivity index (χ1) is 30.6. The minimum atomic E-state index is -0.256. The van der Waals surface area contributed by atoms with E-state index in [0.29, 0.717) is 187 Å². The molecule has 0 atom stereocenters. The predicted molar refractivity (Wildman–Crippen MR) is 236 cm³/mol. The molecule has 0 radical (unpaired) electrons. The quantitative estimate of drug-likeness (QED) is 0.0501. The molecule has 16 nitrogen and oxygen atoms in total. The summed E-state index contributed by atoms with van der Waals surface area (Å²) in [6, 6.07) is 12.3. The molecule has 3 N–H and O–H groups in total. The Labute approximate surface area is 377 Å². The van der Waals surface area contributed by atoms with Crippen molar-refractivity contribution in [3.05, 3.63) is 67.2 Å². The molecule has 3 aliphatic rings. The van der Waals surface area contributed by atoms with Gasteiger partial charge in [-0.25, -0.2) is 0 Å². The van der Waals surface area contributed by atoms with E-state index in [2.05, 4.69) is 39.1 Å². The van der Waals surface area contributed by atoms with Crippen LogP contribution in [0.2, 0.25) is 0 Å². The Morgan fingerprint density at radius 1 is 0.484 bits per heavy atom. The van der Waals surface area contributed by atoms with Crippen molar-refractivity contribution in [3.63, 3.8) is 0 Å². The third kappa shape index (κ3) is 15.2. The fourth-order valence-electron chi connectivity index (χ4n) is 8.22. The molecule has 0 bridgehead atoms. The Hall–Kier alpha value is -6.37. The van der Waals surface area contributed by atoms with Crippen LogP contribution in [0, 0.1) is 84.2 Å². The van der Waals surface area contributed by atoms with E-state index in [-0.39, 0.29) is 33.0 Å². The summed E-state index contributed by atoms with van der Waals surface area (Å²) in [5.74, 6) is 0. The highest BCUT2D eigenvalue weighted by Gasteiger charge is 2.35. The summed E-state index contributed by atoms with van der Waals surface area (Å²) in [5, 5.41) is 68.2. The molecule has 64 heavy (non-hydrogen) atoms. The second kappa shape index (κ2) is 25.1. The molecule has 0 saturated carbocycles. The van der Waals surface area contributed by atoms with Gasteiger partial charge < -0.3 is 30.2 Å². The van der Waals surface area contributed by atoms with Crippen molar-refractivity contribution in [1.82, 2.24) is 20.9 Å². The maximum Gasteiger partial charge on any atom is 0.160 e. The lowest BCUT2D eigenvalue weighted by Gasteiger charge is -2.33. The molecule has 0 amide bonds. The molecular weight excluding hydrogens is 813 g/mol. The van der Waals surface area contributed by atoms with Gasteiger partial charge >= 0.3 is 0 Å². The number of hydrogen-bond acceptors (Lipinski definition) is 16. The van der Waals surface area contributed by atoms with E-state index >= 15 is 0 Å². The van der Waals surface area contributed by atoms with Gasteiger partial charge in [-0.15, -0.1) is 0 Å². The standard InChI is InChI=1S/C48H60N10O6/c1-46(2)19-37(34(25-49)31-59)40(28-52)43(22-46)55-7-13-62-16-10-58(11-17-63-14-8-56-44-23-47(3,4)20-38(41(44)29-53)35(26-50)32-60)12-18-64-15-9-57-45-24-48(5,6)21-39(42(45)30-54)36(27-51)33-61/h31-33,55-57H,7-24H2,1-6H3/b37-34+,38-35+,39-36+. The lowest BCUT2D eigenvalue weighted by atomic mass is 9.73. The fourth-order valence-corrected chi connectivity index (χ4v) is 8.22. The number of nitrogens with one attached hydrogen (secondary N) is 3. The second-order valence-electron chi connectivity index (χ2n) is 18.3. The molecule has 3 aliphatic carbocycles. The van der Waals surface area contributed by atoms with Crippen molar-refractivity contribution in [2.75, 3.05) is 78.9 Å². The zero-order chi connectivity index (χ0) is 47.3. The van der Waals surface area contributed by atoms with Gasteiger partial charge in [-0.2, -0.15) is 31.6 Å². The van der Waals surface area contributed by atoms with E-state index in [1.54, 1.807) is 0 Å². The highest BCUT2D eigenvalue weighted by atomic mass is 16.5. The number of aldehydes is 3. The molecule has 0 fully saturated rings. The average Bonchev–Trinajstić information content (AvgIpc) is 3.24. The van der Waals surface area contributed by atoms with Gasteiger partial charge in [-0.3, -0.25) is 19.3 Å². The summed E-state index contributed by atoms with van der Waals surface area (Å²) < 4.78 is 18.0. The summed E-state index contributed by atoms with van der Waals surface area (Å²) in [7, 11) is 0. The van der Waals surface area contributed by atoms with Crippen LogP contribution in [0.15, 0.2) is 67.2 Å². The van der Waals surface area contributed by atoms with Crippen molar-refractivity contribution in [2.45, 2.75) is 80.1 Å². The molecule has 0 spiro atoms. The molecule has 16 heteroatoms. The Balaban J connectivity index is 1.60. The van der Waals surface area contributed by atoms with E-state index in [1.165, 1.54) is 0 Å². The second-order valence-corrected chi connectivity index (χ2v) is 18.3. The summed E-state index contributed by atoms with van der Waals surface area (Å²) in [5.41, 5.74) is 3.53. The molecule has 0 unspecified atom stereocenters. The van der Waals surface area contributed by atoms with E-state index in [1.807, 2.05) is 59.8 Å². The molecule has 0 aromatic carbocycles. The van der Waals surface area contributed by atoms with Gasteiger partial charge in [0, 0.05) is 56.4 Å². The van der Waals surface area contributed by atoms with Gasteiger partial charge in [-0.05, 0) is 71.5 Å². The lowest BCUT2D eigenvalue weighted by molar-refractivity contribution is -0.105. The number of ether oxygens (including phenoxy) is 3. The topological polar surface area (TPSA) is 261 Å². The molecule has 0 aliphatic heterocycles. The number of nitriles is 6. The summed E-state index contributed by atoms with van der Waals surface area (Å²) in [4.78, 5) is 36.9. The zero-order valence-corrected chi connectivity index (χ0v) is 38.0.